The van der Waals surface area contributed by atoms with Crippen molar-refractivity contribution >= 4 is 51.4 Å². The van der Waals surface area contributed by atoms with Crippen LogP contribution >= 0.6 is 23.2 Å². The summed E-state index contributed by atoms with van der Waals surface area (Å²) in [6, 6.07) is 10.0. The third-order valence-electron chi connectivity index (χ3n) is 3.59. The van der Waals surface area contributed by atoms with Crippen molar-refractivity contribution in [1.29, 1.82) is 0 Å². The van der Waals surface area contributed by atoms with Gasteiger partial charge in [0.2, 0.25) is 0 Å². The van der Waals surface area contributed by atoms with Gasteiger partial charge in [-0.1, -0.05) is 35.3 Å². The van der Waals surface area contributed by atoms with Gasteiger partial charge in [0, 0.05) is 11.6 Å². The molecule has 0 aliphatic heterocycles. The van der Waals surface area contributed by atoms with Gasteiger partial charge in [-0.15, -0.1) is 0 Å². The Morgan fingerprint density at radius 3 is 2.72 bits per heavy atom. The quantitative estimate of drug-likeness (QED) is 0.485. The van der Waals surface area contributed by atoms with Gasteiger partial charge in [-0.25, -0.2) is 4.79 Å². The van der Waals surface area contributed by atoms with Gasteiger partial charge in [-0.2, -0.15) is 0 Å². The fourth-order valence-electron chi connectivity index (χ4n) is 2.42. The van der Waals surface area contributed by atoms with Crippen LogP contribution in [0.2, 0.25) is 10.0 Å². The molecule has 3 aromatic rings. The molecule has 2 N–H and O–H groups in total. The van der Waals surface area contributed by atoms with Crippen molar-refractivity contribution in [1.82, 2.24) is 4.98 Å². The minimum atomic E-state index is -0.527. The van der Waals surface area contributed by atoms with Crippen molar-refractivity contribution in [3.05, 3.63) is 58.2 Å². The number of pyridine rings is 1. The summed E-state index contributed by atoms with van der Waals surface area (Å²) in [5.41, 5.74) is 1.55. The van der Waals surface area contributed by atoms with Crippen LogP contribution in [0.5, 0.6) is 5.75 Å². The zero-order valence-electron chi connectivity index (χ0n) is 13.2. The number of ether oxygens (including phenoxy) is 1. The summed E-state index contributed by atoms with van der Waals surface area (Å²) < 4.78 is 5.10. The van der Waals surface area contributed by atoms with Crippen LogP contribution in [0.3, 0.4) is 0 Å². The Balaban J connectivity index is 2.24. The highest BCUT2D eigenvalue weighted by molar-refractivity contribution is 6.45. The lowest BCUT2D eigenvalue weighted by atomic mass is 10.1. The van der Waals surface area contributed by atoms with E-state index in [9.17, 15) is 9.90 Å². The molecule has 5 nitrogen and oxygen atoms in total. The number of para-hydroxylation sites is 2. The molecule has 2 aromatic carbocycles. The third-order valence-corrected chi connectivity index (χ3v) is 4.38. The van der Waals surface area contributed by atoms with Crippen LogP contribution in [0, 0.1) is 0 Å². The molecule has 0 bridgehead atoms. The first kappa shape index (κ1) is 17.3. The zero-order valence-corrected chi connectivity index (χ0v) is 14.7. The SMILES string of the molecule is CCOC(=O)c1cnc2c(Cl)c(Cl)ccc2c1Nc1ccccc1O. The second-order valence-electron chi connectivity index (χ2n) is 5.17. The molecule has 1 heterocycles. The fourth-order valence-corrected chi connectivity index (χ4v) is 2.79. The number of nitrogens with zero attached hydrogens (tertiary/aromatic N) is 1. The smallest absolute Gasteiger partial charge is 0.341 e. The molecular weight excluding hydrogens is 363 g/mol. The molecular formula is C18H14Cl2N2O3. The average molecular weight is 377 g/mol. The van der Waals surface area contributed by atoms with Gasteiger partial charge in [0.05, 0.1) is 33.5 Å². The van der Waals surface area contributed by atoms with E-state index in [2.05, 4.69) is 10.3 Å². The third kappa shape index (κ3) is 3.34. The second kappa shape index (κ2) is 7.17. The van der Waals surface area contributed by atoms with E-state index in [0.29, 0.717) is 27.3 Å². The number of aromatic hydroxyl groups is 1. The Labute approximate surface area is 154 Å². The van der Waals surface area contributed by atoms with Crippen LogP contribution < -0.4 is 5.32 Å². The number of carbonyl (C=O) groups is 1. The molecule has 0 fully saturated rings. The first-order chi connectivity index (χ1) is 12.0. The van der Waals surface area contributed by atoms with E-state index in [4.69, 9.17) is 27.9 Å². The van der Waals surface area contributed by atoms with E-state index in [1.54, 1.807) is 43.3 Å². The molecule has 0 spiro atoms. The standard InChI is InChI=1S/C18H14Cl2N2O3/c1-2-25-18(24)11-9-21-17-10(7-8-12(19)15(17)20)16(11)22-13-5-3-4-6-14(13)23/h3-9,23H,2H2,1H3,(H,21,22). The zero-order chi connectivity index (χ0) is 18.0. The molecule has 0 atom stereocenters. The van der Waals surface area contributed by atoms with Crippen LogP contribution in [0.25, 0.3) is 10.9 Å². The number of benzene rings is 2. The van der Waals surface area contributed by atoms with Crippen molar-refractivity contribution < 1.29 is 14.6 Å². The van der Waals surface area contributed by atoms with E-state index in [1.807, 2.05) is 0 Å². The Morgan fingerprint density at radius 2 is 2.00 bits per heavy atom. The predicted octanol–water partition coefficient (Wildman–Crippen LogP) is 5.17. The number of anilines is 2. The average Bonchev–Trinajstić information content (AvgIpc) is 2.60. The summed E-state index contributed by atoms with van der Waals surface area (Å²) in [6.07, 6.45) is 1.38. The molecule has 7 heteroatoms. The van der Waals surface area contributed by atoms with E-state index >= 15 is 0 Å². The molecule has 3 rings (SSSR count). The normalized spacial score (nSPS) is 10.7. The molecule has 0 unspecified atom stereocenters. The lowest BCUT2D eigenvalue weighted by Gasteiger charge is -2.15. The van der Waals surface area contributed by atoms with Gasteiger partial charge >= 0.3 is 5.97 Å². The largest absolute Gasteiger partial charge is 0.506 e. The number of nitrogens with one attached hydrogen (secondary N) is 1. The molecule has 0 aliphatic carbocycles. The molecule has 0 amide bonds. The summed E-state index contributed by atoms with van der Waals surface area (Å²) in [4.78, 5) is 16.6. The van der Waals surface area contributed by atoms with Crippen molar-refractivity contribution in [2.75, 3.05) is 11.9 Å². The highest BCUT2D eigenvalue weighted by atomic mass is 35.5. The van der Waals surface area contributed by atoms with Crippen LogP contribution in [-0.2, 0) is 4.74 Å². The maximum atomic E-state index is 12.3. The van der Waals surface area contributed by atoms with E-state index < -0.39 is 5.97 Å². The monoisotopic (exact) mass is 376 g/mol. The topological polar surface area (TPSA) is 71.5 Å². The van der Waals surface area contributed by atoms with Gasteiger partial charge in [0.25, 0.3) is 0 Å². The Hall–Kier alpha value is -2.50. The summed E-state index contributed by atoms with van der Waals surface area (Å²) in [5, 5.41) is 14.3. The van der Waals surface area contributed by atoms with Gasteiger partial charge in [0.15, 0.2) is 0 Å². The van der Waals surface area contributed by atoms with E-state index in [0.717, 1.165) is 0 Å². The number of fused-ring (bicyclic) bond motifs is 1. The highest BCUT2D eigenvalue weighted by Gasteiger charge is 2.19. The minimum absolute atomic E-state index is 0.0438. The first-order valence-electron chi connectivity index (χ1n) is 7.51. The Morgan fingerprint density at radius 1 is 1.24 bits per heavy atom. The first-order valence-corrected chi connectivity index (χ1v) is 8.27. The lowest BCUT2D eigenvalue weighted by Crippen LogP contribution is -2.09. The van der Waals surface area contributed by atoms with Gasteiger partial charge in [-0.05, 0) is 31.2 Å². The number of aromatic nitrogens is 1. The van der Waals surface area contributed by atoms with E-state index in [1.165, 1.54) is 6.20 Å². The van der Waals surface area contributed by atoms with Gasteiger partial charge in [0.1, 0.15) is 11.3 Å². The molecule has 25 heavy (non-hydrogen) atoms. The summed E-state index contributed by atoms with van der Waals surface area (Å²) >= 11 is 12.3. The summed E-state index contributed by atoms with van der Waals surface area (Å²) in [5.74, 6) is -0.483. The second-order valence-corrected chi connectivity index (χ2v) is 5.95. The lowest BCUT2D eigenvalue weighted by molar-refractivity contribution is 0.0527. The molecule has 1 aromatic heterocycles. The van der Waals surface area contributed by atoms with Crippen molar-refractivity contribution in [2.24, 2.45) is 0 Å². The Bertz CT molecular complexity index is 960. The molecule has 0 saturated carbocycles. The maximum Gasteiger partial charge on any atom is 0.341 e. The van der Waals surface area contributed by atoms with Gasteiger partial charge < -0.3 is 15.2 Å². The van der Waals surface area contributed by atoms with Crippen LogP contribution in [-0.4, -0.2) is 22.7 Å². The minimum Gasteiger partial charge on any atom is -0.506 e. The predicted molar refractivity (Wildman–Crippen MR) is 99.1 cm³/mol. The van der Waals surface area contributed by atoms with Gasteiger partial charge in [-0.3, -0.25) is 4.98 Å². The number of phenols is 1. The molecule has 0 aliphatic rings. The number of hydrogen-bond donors (Lipinski definition) is 2. The molecule has 0 radical (unpaired) electrons. The van der Waals surface area contributed by atoms with Crippen LogP contribution in [0.15, 0.2) is 42.6 Å². The fraction of sp³-hybridized carbons (Fsp3) is 0.111. The van der Waals surface area contributed by atoms with Crippen LogP contribution in [0.1, 0.15) is 17.3 Å². The maximum absolute atomic E-state index is 12.3. The van der Waals surface area contributed by atoms with Crippen molar-refractivity contribution in [2.45, 2.75) is 6.92 Å². The number of esters is 1. The summed E-state index contributed by atoms with van der Waals surface area (Å²) in [6.45, 7) is 1.95. The number of phenolic OH excluding ortho intramolecular Hbond substituents is 1. The number of rotatable bonds is 4. The van der Waals surface area contributed by atoms with Crippen molar-refractivity contribution in [3.8, 4) is 5.75 Å². The van der Waals surface area contributed by atoms with Crippen LogP contribution in [0.4, 0.5) is 11.4 Å². The molecule has 0 saturated heterocycles. The summed E-state index contributed by atoms with van der Waals surface area (Å²) in [7, 11) is 0. The highest BCUT2D eigenvalue weighted by Crippen LogP contribution is 2.37. The number of carbonyl (C=O) groups excluding carboxylic acids is 1. The van der Waals surface area contributed by atoms with Crippen molar-refractivity contribution in [3.63, 3.8) is 0 Å². The Kier molecular flexibility index (Phi) is 4.97. The van der Waals surface area contributed by atoms with E-state index in [-0.39, 0.29) is 22.9 Å². The molecule has 128 valence electrons. The number of halogens is 2. The number of hydrogen-bond acceptors (Lipinski definition) is 5.